The van der Waals surface area contributed by atoms with Gasteiger partial charge in [-0.2, -0.15) is 8.42 Å². The van der Waals surface area contributed by atoms with Crippen molar-refractivity contribution in [3.05, 3.63) is 35.6 Å². The van der Waals surface area contributed by atoms with E-state index in [1.807, 2.05) is 0 Å². The molecule has 0 amide bonds. The summed E-state index contributed by atoms with van der Waals surface area (Å²) in [6, 6.07) is 5.60. The first-order chi connectivity index (χ1) is 7.94. The van der Waals surface area contributed by atoms with Crippen LogP contribution in [-0.2, 0) is 19.9 Å². The van der Waals surface area contributed by atoms with Gasteiger partial charge < -0.3 is 8.92 Å². The molecule has 0 saturated carbocycles. The van der Waals surface area contributed by atoms with Crippen molar-refractivity contribution in [2.45, 2.75) is 0 Å². The lowest BCUT2D eigenvalue weighted by Crippen LogP contribution is -2.06. The van der Waals surface area contributed by atoms with Gasteiger partial charge in [0, 0.05) is 0 Å². The van der Waals surface area contributed by atoms with E-state index >= 15 is 0 Å². The van der Waals surface area contributed by atoms with Crippen molar-refractivity contribution in [3.63, 3.8) is 0 Å². The molecule has 0 fully saturated rings. The van der Waals surface area contributed by atoms with E-state index in [1.165, 1.54) is 37.5 Å². The van der Waals surface area contributed by atoms with E-state index in [1.54, 1.807) is 6.29 Å². The zero-order valence-electron chi connectivity index (χ0n) is 8.78. The van der Waals surface area contributed by atoms with Crippen LogP contribution in [0, 0.1) is 0 Å². The third-order valence-electron chi connectivity index (χ3n) is 1.70. The van der Waals surface area contributed by atoms with Crippen LogP contribution in [0.3, 0.4) is 0 Å². The largest absolute Gasteiger partial charge is 0.492 e. The molecule has 6 nitrogen and oxygen atoms in total. The Morgan fingerprint density at radius 2 is 1.94 bits per heavy atom. The molecule has 0 aliphatic carbocycles. The van der Waals surface area contributed by atoms with Gasteiger partial charge in [-0.25, -0.2) is 0 Å². The molecule has 0 unspecified atom stereocenters. The molecule has 91 valence electrons. The number of hydrogen-bond acceptors (Lipinski definition) is 5. The molecule has 7 heteroatoms. The number of allylic oxidation sites excluding steroid dienone is 1. The maximum absolute atomic E-state index is 10.4. The predicted molar refractivity (Wildman–Crippen MR) is 59.3 cm³/mol. The van der Waals surface area contributed by atoms with Gasteiger partial charge in [0.25, 0.3) is 6.29 Å². The van der Waals surface area contributed by atoms with Gasteiger partial charge in [0.15, 0.2) is 5.76 Å². The van der Waals surface area contributed by atoms with Gasteiger partial charge >= 0.3 is 10.4 Å². The van der Waals surface area contributed by atoms with Crippen LogP contribution in [0.2, 0.25) is 0 Å². The second-order valence-corrected chi connectivity index (χ2v) is 3.92. The smallest absolute Gasteiger partial charge is 0.446 e. The summed E-state index contributed by atoms with van der Waals surface area (Å²) in [7, 11) is -3.20. The quantitative estimate of drug-likeness (QED) is 0.480. The molecule has 0 heterocycles. The number of benzene rings is 1. The summed E-state index contributed by atoms with van der Waals surface area (Å²) in [5.41, 5.74) is 0.591. The van der Waals surface area contributed by atoms with Crippen molar-refractivity contribution < 1.29 is 26.7 Å². The van der Waals surface area contributed by atoms with Gasteiger partial charge in [0.2, 0.25) is 0 Å². The lowest BCUT2D eigenvalue weighted by molar-refractivity contribution is 0.314. The van der Waals surface area contributed by atoms with Crippen LogP contribution in [-0.4, -0.2) is 26.4 Å². The second-order valence-electron chi connectivity index (χ2n) is 2.89. The minimum atomic E-state index is -4.52. The van der Waals surface area contributed by atoms with Gasteiger partial charge in [-0.1, -0.05) is 12.1 Å². The highest BCUT2D eigenvalue weighted by atomic mass is 32.3. The standard InChI is InChI=1S/C10H9O6S/c1-15-10(7-11)6-8-2-4-9(5-3-8)16-17(12,13)14/h2-6H,1H3,(H,12,13,14). The predicted octanol–water partition coefficient (Wildman–Crippen LogP) is 0.965. The van der Waals surface area contributed by atoms with E-state index in [0.29, 0.717) is 5.56 Å². The number of rotatable bonds is 5. The highest BCUT2D eigenvalue weighted by molar-refractivity contribution is 7.81. The Morgan fingerprint density at radius 1 is 1.35 bits per heavy atom. The van der Waals surface area contributed by atoms with E-state index in [0.717, 1.165) is 0 Å². The molecular weight excluding hydrogens is 248 g/mol. The summed E-state index contributed by atoms with van der Waals surface area (Å²) in [6.07, 6.45) is 2.98. The Labute approximate surface area is 98.4 Å². The first kappa shape index (κ1) is 13.2. The Hall–Kier alpha value is -1.86. The molecule has 1 aromatic carbocycles. The summed E-state index contributed by atoms with van der Waals surface area (Å²) in [6.45, 7) is 0. The van der Waals surface area contributed by atoms with E-state index in [-0.39, 0.29) is 11.5 Å². The van der Waals surface area contributed by atoms with Crippen LogP contribution in [0.1, 0.15) is 5.56 Å². The number of ether oxygens (including phenoxy) is 1. The molecule has 0 aliphatic rings. The third kappa shape index (κ3) is 4.66. The van der Waals surface area contributed by atoms with Crippen LogP contribution in [0.4, 0.5) is 0 Å². The Balaban J connectivity index is 2.88. The molecular formula is C10H9O6S. The molecule has 0 atom stereocenters. The van der Waals surface area contributed by atoms with E-state index < -0.39 is 10.4 Å². The zero-order valence-corrected chi connectivity index (χ0v) is 9.60. The average molecular weight is 257 g/mol. The summed E-state index contributed by atoms with van der Waals surface area (Å²) < 4.78 is 38.1. The molecule has 1 aromatic rings. The highest BCUT2D eigenvalue weighted by Crippen LogP contribution is 2.15. The first-order valence-corrected chi connectivity index (χ1v) is 5.72. The normalized spacial score (nSPS) is 12.0. The fraction of sp³-hybridized carbons (Fsp3) is 0.100. The third-order valence-corrected chi connectivity index (χ3v) is 2.10. The first-order valence-electron chi connectivity index (χ1n) is 4.35. The summed E-state index contributed by atoms with van der Waals surface area (Å²) >= 11 is 0. The fourth-order valence-corrected chi connectivity index (χ4v) is 1.38. The van der Waals surface area contributed by atoms with Crippen molar-refractivity contribution in [2.24, 2.45) is 0 Å². The summed E-state index contributed by atoms with van der Waals surface area (Å²) in [5.74, 6) is -0.0350. The van der Waals surface area contributed by atoms with Crippen molar-refractivity contribution in [2.75, 3.05) is 7.11 Å². The van der Waals surface area contributed by atoms with Gasteiger partial charge in [0.05, 0.1) is 7.11 Å². The maximum Gasteiger partial charge on any atom is 0.446 e. The molecule has 0 spiro atoms. The van der Waals surface area contributed by atoms with Crippen molar-refractivity contribution in [1.29, 1.82) is 0 Å². The monoisotopic (exact) mass is 257 g/mol. The Morgan fingerprint density at radius 3 is 2.35 bits per heavy atom. The topological polar surface area (TPSA) is 89.9 Å². The van der Waals surface area contributed by atoms with Gasteiger partial charge in [0.1, 0.15) is 5.75 Å². The lowest BCUT2D eigenvalue weighted by atomic mass is 10.2. The van der Waals surface area contributed by atoms with Gasteiger partial charge in [-0.3, -0.25) is 9.35 Å². The number of hydrogen-bond donors (Lipinski definition) is 1. The van der Waals surface area contributed by atoms with Crippen molar-refractivity contribution >= 4 is 22.8 Å². The summed E-state index contributed by atoms with van der Waals surface area (Å²) in [4.78, 5) is 10.3. The lowest BCUT2D eigenvalue weighted by Gasteiger charge is -2.01. The molecule has 0 bridgehead atoms. The summed E-state index contributed by atoms with van der Waals surface area (Å²) in [5, 5.41) is 0. The van der Waals surface area contributed by atoms with E-state index in [9.17, 15) is 13.2 Å². The molecule has 1 N–H and O–H groups in total. The van der Waals surface area contributed by atoms with Gasteiger partial charge in [-0.15, -0.1) is 0 Å². The molecule has 0 aliphatic heterocycles. The van der Waals surface area contributed by atoms with Gasteiger partial charge in [-0.05, 0) is 23.8 Å². The second kappa shape index (κ2) is 5.46. The minimum Gasteiger partial charge on any atom is -0.492 e. The molecule has 17 heavy (non-hydrogen) atoms. The number of carbonyl (C=O) groups excluding carboxylic acids is 1. The van der Waals surface area contributed by atoms with E-state index in [2.05, 4.69) is 8.92 Å². The molecule has 0 saturated heterocycles. The Bertz CT molecular complexity index is 514. The molecule has 1 radical (unpaired) electrons. The SMILES string of the molecule is COC([C]=O)=Cc1ccc(OS(=O)(=O)O)cc1. The van der Waals surface area contributed by atoms with Crippen LogP contribution in [0.5, 0.6) is 5.75 Å². The fourth-order valence-electron chi connectivity index (χ4n) is 1.02. The average Bonchev–Trinajstić information content (AvgIpc) is 2.26. The van der Waals surface area contributed by atoms with Crippen LogP contribution >= 0.6 is 0 Å². The molecule has 1 rings (SSSR count). The number of methoxy groups -OCH3 is 1. The minimum absolute atomic E-state index is 0.00782. The Kier molecular flexibility index (Phi) is 4.24. The molecule has 0 aromatic heterocycles. The van der Waals surface area contributed by atoms with E-state index in [4.69, 9.17) is 4.55 Å². The van der Waals surface area contributed by atoms with Crippen LogP contribution in [0.25, 0.3) is 6.08 Å². The highest BCUT2D eigenvalue weighted by Gasteiger charge is 2.06. The van der Waals surface area contributed by atoms with Crippen LogP contribution < -0.4 is 4.18 Å². The maximum atomic E-state index is 10.4. The zero-order chi connectivity index (χ0) is 12.9. The van der Waals surface area contributed by atoms with Crippen molar-refractivity contribution in [3.8, 4) is 5.75 Å². The van der Waals surface area contributed by atoms with Crippen molar-refractivity contribution in [1.82, 2.24) is 0 Å². The van der Waals surface area contributed by atoms with Crippen LogP contribution in [0.15, 0.2) is 30.0 Å².